The van der Waals surface area contributed by atoms with Crippen LogP contribution in [0.2, 0.25) is 0 Å². The van der Waals surface area contributed by atoms with Crippen LogP contribution in [0.3, 0.4) is 0 Å². The third-order valence-electron chi connectivity index (χ3n) is 6.94. The van der Waals surface area contributed by atoms with Gasteiger partial charge in [0.15, 0.2) is 5.82 Å². The van der Waals surface area contributed by atoms with Gasteiger partial charge in [0.05, 0.1) is 6.04 Å². The molecule has 0 radical (unpaired) electrons. The lowest BCUT2D eigenvalue weighted by molar-refractivity contribution is 0.147. The van der Waals surface area contributed by atoms with Crippen molar-refractivity contribution in [2.24, 2.45) is 5.92 Å². The van der Waals surface area contributed by atoms with E-state index in [4.69, 9.17) is 0 Å². The third-order valence-corrected chi connectivity index (χ3v) is 6.94. The summed E-state index contributed by atoms with van der Waals surface area (Å²) in [6.07, 6.45) is 6.90. The first-order chi connectivity index (χ1) is 14.6. The highest BCUT2D eigenvalue weighted by atomic mass is 16.1. The van der Waals surface area contributed by atoms with E-state index in [9.17, 15) is 4.79 Å². The summed E-state index contributed by atoms with van der Waals surface area (Å²) in [6.45, 7) is 6.29. The smallest absolute Gasteiger partial charge is 0.253 e. The summed E-state index contributed by atoms with van der Waals surface area (Å²) in [7, 11) is 0. The number of tetrazole rings is 1. The van der Waals surface area contributed by atoms with Gasteiger partial charge in [-0.05, 0) is 85.6 Å². The van der Waals surface area contributed by atoms with Crippen molar-refractivity contribution in [3.05, 3.63) is 51.6 Å². The van der Waals surface area contributed by atoms with Crippen molar-refractivity contribution < 1.29 is 0 Å². The molecule has 0 unspecified atom stereocenters. The van der Waals surface area contributed by atoms with Gasteiger partial charge < -0.3 is 4.98 Å². The first kappa shape index (κ1) is 19.4. The molecule has 3 heterocycles. The van der Waals surface area contributed by atoms with Gasteiger partial charge >= 0.3 is 0 Å². The molecule has 1 N–H and O–H groups in total. The lowest BCUT2D eigenvalue weighted by Gasteiger charge is -2.36. The van der Waals surface area contributed by atoms with Crippen molar-refractivity contribution in [1.82, 2.24) is 30.1 Å². The van der Waals surface area contributed by atoms with Crippen LogP contribution in [0.1, 0.15) is 74.5 Å². The molecular weight excluding hydrogens is 376 g/mol. The largest absolute Gasteiger partial charge is 0.322 e. The Morgan fingerprint density at radius 1 is 1.10 bits per heavy atom. The Morgan fingerprint density at radius 3 is 2.63 bits per heavy atom. The van der Waals surface area contributed by atoms with Crippen LogP contribution in [0.25, 0.3) is 10.9 Å². The van der Waals surface area contributed by atoms with Gasteiger partial charge in [-0.25, -0.2) is 4.68 Å². The number of piperidine rings is 1. The van der Waals surface area contributed by atoms with E-state index in [2.05, 4.69) is 51.4 Å². The zero-order valence-electron chi connectivity index (χ0n) is 17.8. The molecule has 0 spiro atoms. The van der Waals surface area contributed by atoms with E-state index >= 15 is 0 Å². The van der Waals surface area contributed by atoms with Crippen LogP contribution in [0, 0.1) is 12.8 Å². The lowest BCUT2D eigenvalue weighted by Crippen LogP contribution is -2.40. The van der Waals surface area contributed by atoms with Gasteiger partial charge in [0.1, 0.15) is 6.04 Å². The van der Waals surface area contributed by atoms with Gasteiger partial charge in [-0.3, -0.25) is 9.69 Å². The summed E-state index contributed by atoms with van der Waals surface area (Å²) in [5.74, 6) is 1.53. The highest BCUT2D eigenvalue weighted by Crippen LogP contribution is 2.35. The van der Waals surface area contributed by atoms with Crippen molar-refractivity contribution >= 4 is 10.9 Å². The Balaban J connectivity index is 1.64. The number of hydrogen-bond donors (Lipinski definition) is 1. The molecular formula is C23H30N6O. The maximum atomic E-state index is 13.2. The summed E-state index contributed by atoms with van der Waals surface area (Å²) >= 11 is 0. The second-order valence-corrected chi connectivity index (χ2v) is 9.19. The second kappa shape index (κ2) is 7.95. The fourth-order valence-corrected chi connectivity index (χ4v) is 5.12. The van der Waals surface area contributed by atoms with Crippen LogP contribution in [0.15, 0.2) is 29.1 Å². The highest BCUT2D eigenvalue weighted by Gasteiger charge is 2.34. The van der Waals surface area contributed by atoms with Crippen molar-refractivity contribution in [3.8, 4) is 0 Å². The quantitative estimate of drug-likeness (QED) is 0.714. The van der Waals surface area contributed by atoms with Crippen LogP contribution in [-0.2, 0) is 0 Å². The van der Waals surface area contributed by atoms with E-state index < -0.39 is 0 Å². The van der Waals surface area contributed by atoms with Gasteiger partial charge in [-0.2, -0.15) is 0 Å². The summed E-state index contributed by atoms with van der Waals surface area (Å²) in [6, 6.07) is 8.31. The van der Waals surface area contributed by atoms with Gasteiger partial charge in [0.25, 0.3) is 5.56 Å². The van der Waals surface area contributed by atoms with Crippen LogP contribution >= 0.6 is 0 Å². The standard InChI is InChI=1S/C23H30N6O/c1-15-9-11-28(12-10-15)21(22-25-26-27-29(22)18-5-3-4-6-18)19-14-17-13-16(2)7-8-20(17)24-23(19)30/h7-8,13-15,18,21H,3-6,9-12H2,1-2H3,(H,24,30)/t21-/m1/s1. The summed E-state index contributed by atoms with van der Waals surface area (Å²) in [5.41, 5.74) is 2.75. The van der Waals surface area contributed by atoms with Crippen LogP contribution < -0.4 is 5.56 Å². The first-order valence-electron chi connectivity index (χ1n) is 11.3. The zero-order valence-corrected chi connectivity index (χ0v) is 17.8. The van der Waals surface area contributed by atoms with Crippen molar-refractivity contribution in [3.63, 3.8) is 0 Å². The number of nitrogens with zero attached hydrogens (tertiary/aromatic N) is 5. The van der Waals surface area contributed by atoms with Gasteiger partial charge in [0.2, 0.25) is 0 Å². The topological polar surface area (TPSA) is 79.7 Å². The Morgan fingerprint density at radius 2 is 1.87 bits per heavy atom. The van der Waals surface area contributed by atoms with Crippen molar-refractivity contribution in [2.75, 3.05) is 13.1 Å². The van der Waals surface area contributed by atoms with Gasteiger partial charge in [0, 0.05) is 11.1 Å². The van der Waals surface area contributed by atoms with Crippen LogP contribution in [0.5, 0.6) is 0 Å². The van der Waals surface area contributed by atoms with Crippen molar-refractivity contribution in [1.29, 1.82) is 0 Å². The molecule has 2 aliphatic rings. The maximum Gasteiger partial charge on any atom is 0.253 e. The fraction of sp³-hybridized carbons (Fsp3) is 0.565. The number of aromatic amines is 1. The number of aromatic nitrogens is 5. The van der Waals surface area contributed by atoms with Crippen LogP contribution in [0.4, 0.5) is 0 Å². The van der Waals surface area contributed by atoms with E-state index in [1.165, 1.54) is 18.4 Å². The van der Waals surface area contributed by atoms with E-state index in [-0.39, 0.29) is 11.6 Å². The summed E-state index contributed by atoms with van der Waals surface area (Å²) in [5, 5.41) is 14.0. The molecule has 0 amide bonds. The molecule has 2 aromatic heterocycles. The van der Waals surface area contributed by atoms with Gasteiger partial charge in [-0.1, -0.05) is 31.4 Å². The predicted octanol–water partition coefficient (Wildman–Crippen LogP) is 3.76. The molecule has 1 saturated heterocycles. The molecule has 7 heteroatoms. The third kappa shape index (κ3) is 3.55. The minimum Gasteiger partial charge on any atom is -0.322 e. The minimum absolute atomic E-state index is 0.0454. The minimum atomic E-state index is -0.221. The molecule has 1 aliphatic heterocycles. The average Bonchev–Trinajstić information content (AvgIpc) is 3.42. The molecule has 1 saturated carbocycles. The van der Waals surface area contributed by atoms with E-state index in [0.717, 1.165) is 61.1 Å². The molecule has 30 heavy (non-hydrogen) atoms. The second-order valence-electron chi connectivity index (χ2n) is 9.19. The number of nitrogens with one attached hydrogen (secondary N) is 1. The number of hydrogen-bond acceptors (Lipinski definition) is 5. The summed E-state index contributed by atoms with van der Waals surface area (Å²) < 4.78 is 2.01. The summed E-state index contributed by atoms with van der Waals surface area (Å²) in [4.78, 5) is 18.7. The molecule has 1 aliphatic carbocycles. The van der Waals surface area contributed by atoms with Crippen LogP contribution in [-0.4, -0.2) is 43.2 Å². The molecule has 0 bridgehead atoms. The normalized spacial score (nSPS) is 20.2. The number of H-pyrrole nitrogens is 1. The maximum absolute atomic E-state index is 13.2. The Hall–Kier alpha value is -2.54. The van der Waals surface area contributed by atoms with Gasteiger partial charge in [-0.15, -0.1) is 5.10 Å². The lowest BCUT2D eigenvalue weighted by atomic mass is 9.95. The fourth-order valence-electron chi connectivity index (χ4n) is 5.12. The molecule has 158 valence electrons. The first-order valence-corrected chi connectivity index (χ1v) is 11.3. The Labute approximate surface area is 176 Å². The molecule has 2 fully saturated rings. The molecule has 3 aromatic rings. The Kier molecular flexibility index (Phi) is 5.15. The van der Waals surface area contributed by atoms with E-state index in [1.807, 2.05) is 16.8 Å². The number of fused-ring (bicyclic) bond motifs is 1. The molecule has 5 rings (SSSR count). The number of pyridine rings is 1. The zero-order chi connectivity index (χ0) is 20.7. The number of rotatable bonds is 4. The van der Waals surface area contributed by atoms with E-state index in [0.29, 0.717) is 12.0 Å². The Bertz CT molecular complexity index is 1090. The molecule has 1 aromatic carbocycles. The molecule has 1 atom stereocenters. The SMILES string of the molecule is Cc1ccc2[nH]c(=O)c([C@H](c3nnnn3C3CCCC3)N3CCC(C)CC3)cc2c1. The molecule has 7 nitrogen and oxygen atoms in total. The number of benzene rings is 1. The monoisotopic (exact) mass is 406 g/mol. The number of aryl methyl sites for hydroxylation is 1. The van der Waals surface area contributed by atoms with Crippen molar-refractivity contribution in [2.45, 2.75) is 64.5 Å². The number of likely N-dealkylation sites (tertiary alicyclic amines) is 1. The highest BCUT2D eigenvalue weighted by molar-refractivity contribution is 5.79. The van der Waals surface area contributed by atoms with E-state index in [1.54, 1.807) is 0 Å². The average molecular weight is 407 g/mol. The predicted molar refractivity (Wildman–Crippen MR) is 116 cm³/mol.